The molecular weight excluding hydrogens is 391 g/mol. The minimum Gasteiger partial charge on any atom is -0.143 e. The van der Waals surface area contributed by atoms with E-state index in [4.69, 9.17) is 0 Å². The molecule has 0 spiro atoms. The highest BCUT2D eigenvalue weighted by molar-refractivity contribution is 14.1. The number of thioether (sulfide) groups is 1. The Morgan fingerprint density at radius 1 is 1.57 bits per heavy atom. The van der Waals surface area contributed by atoms with Crippen molar-refractivity contribution in [2.45, 2.75) is 10.2 Å². The van der Waals surface area contributed by atoms with Crippen molar-refractivity contribution in [2.75, 3.05) is 6.26 Å². The quantitative estimate of drug-likeness (QED) is 0.384. The van der Waals surface area contributed by atoms with Gasteiger partial charge in [0.05, 0.1) is 0 Å². The van der Waals surface area contributed by atoms with Gasteiger partial charge >= 0.3 is 0 Å². The van der Waals surface area contributed by atoms with E-state index in [1.165, 1.54) is 24.1 Å². The Morgan fingerprint density at radius 2 is 2.36 bits per heavy atom. The number of benzene rings is 1. The summed E-state index contributed by atoms with van der Waals surface area (Å²) in [7, 11) is 0. The highest BCUT2D eigenvalue weighted by Crippen LogP contribution is 2.36. The number of hydrogen-bond acceptors (Lipinski definition) is 2. The van der Waals surface area contributed by atoms with Crippen LogP contribution in [0.3, 0.4) is 0 Å². The Morgan fingerprint density at radius 3 is 3.00 bits per heavy atom. The van der Waals surface area contributed by atoms with Crippen molar-refractivity contribution < 1.29 is 0 Å². The summed E-state index contributed by atoms with van der Waals surface area (Å²) in [5, 5.41) is 4.46. The van der Waals surface area contributed by atoms with Crippen LogP contribution >= 0.6 is 61.6 Å². The van der Waals surface area contributed by atoms with E-state index in [9.17, 15) is 0 Å². The van der Waals surface area contributed by atoms with Gasteiger partial charge in [0.15, 0.2) is 0 Å². The molecule has 74 valence electrons. The lowest BCUT2D eigenvalue weighted by Crippen LogP contribution is -1.87. The molecule has 2 rings (SSSR count). The molecule has 0 fully saturated rings. The Bertz CT molecular complexity index is 464. The molecule has 1 heterocycles. The lowest BCUT2D eigenvalue weighted by atomic mass is 10.2. The summed E-state index contributed by atoms with van der Waals surface area (Å²) < 4.78 is 2.82. The SMILES string of the molecule is CSc1c(CBr)cc2ccsc2c1I. The van der Waals surface area contributed by atoms with Crippen LogP contribution < -0.4 is 0 Å². The van der Waals surface area contributed by atoms with E-state index in [0.717, 1.165) is 5.33 Å². The van der Waals surface area contributed by atoms with Gasteiger partial charge in [-0.1, -0.05) is 15.9 Å². The molecule has 0 atom stereocenters. The third kappa shape index (κ3) is 1.86. The molecule has 0 aliphatic carbocycles. The first-order valence-electron chi connectivity index (χ1n) is 4.06. The van der Waals surface area contributed by atoms with Gasteiger partial charge in [-0.2, -0.15) is 0 Å². The molecule has 1 aromatic carbocycles. The van der Waals surface area contributed by atoms with E-state index in [1.54, 1.807) is 0 Å². The number of halogens is 2. The fourth-order valence-electron chi connectivity index (χ4n) is 1.43. The van der Waals surface area contributed by atoms with E-state index >= 15 is 0 Å². The molecule has 0 saturated heterocycles. The summed E-state index contributed by atoms with van der Waals surface area (Å²) in [5.41, 5.74) is 1.40. The van der Waals surface area contributed by atoms with Gasteiger partial charge in [0.2, 0.25) is 0 Å². The monoisotopic (exact) mass is 398 g/mol. The summed E-state index contributed by atoms with van der Waals surface area (Å²) in [5.74, 6) is 0. The van der Waals surface area contributed by atoms with Gasteiger partial charge in [-0.15, -0.1) is 23.1 Å². The zero-order chi connectivity index (χ0) is 10.1. The van der Waals surface area contributed by atoms with Crippen LogP contribution in [0.2, 0.25) is 0 Å². The minimum absolute atomic E-state index is 0.935. The van der Waals surface area contributed by atoms with Gasteiger partial charge in [-0.3, -0.25) is 0 Å². The predicted octanol–water partition coefficient (Wildman–Crippen LogP) is 5.12. The molecule has 0 saturated carbocycles. The summed E-state index contributed by atoms with van der Waals surface area (Å²) in [6.07, 6.45) is 2.14. The topological polar surface area (TPSA) is 0 Å². The molecule has 0 N–H and O–H groups in total. The molecule has 0 nitrogen and oxygen atoms in total. The third-order valence-corrected chi connectivity index (χ3v) is 6.30. The fraction of sp³-hybridized carbons (Fsp3) is 0.200. The summed E-state index contributed by atoms with van der Waals surface area (Å²) in [6, 6.07) is 4.48. The second-order valence-electron chi connectivity index (χ2n) is 2.86. The number of thiophene rings is 1. The molecule has 2 aromatic rings. The molecular formula is C10H8BrIS2. The van der Waals surface area contributed by atoms with Crippen LogP contribution in [-0.4, -0.2) is 6.26 Å². The number of alkyl halides is 1. The van der Waals surface area contributed by atoms with Crippen molar-refractivity contribution >= 4 is 71.7 Å². The maximum Gasteiger partial charge on any atom is 0.0487 e. The van der Waals surface area contributed by atoms with Gasteiger partial charge in [-0.25, -0.2) is 0 Å². The average molecular weight is 399 g/mol. The van der Waals surface area contributed by atoms with Crippen molar-refractivity contribution in [2.24, 2.45) is 0 Å². The highest BCUT2D eigenvalue weighted by Gasteiger charge is 2.10. The van der Waals surface area contributed by atoms with Crippen LogP contribution in [0.4, 0.5) is 0 Å². The second-order valence-corrected chi connectivity index (χ2v) is 6.23. The Balaban J connectivity index is 2.79. The number of fused-ring (bicyclic) bond motifs is 1. The van der Waals surface area contributed by atoms with Crippen LogP contribution in [-0.2, 0) is 5.33 Å². The van der Waals surface area contributed by atoms with Crippen LogP contribution in [0.1, 0.15) is 5.56 Å². The molecule has 14 heavy (non-hydrogen) atoms. The van der Waals surface area contributed by atoms with Crippen molar-refractivity contribution in [1.82, 2.24) is 0 Å². The third-order valence-electron chi connectivity index (χ3n) is 2.06. The van der Waals surface area contributed by atoms with Gasteiger partial charge in [0, 0.05) is 18.5 Å². The largest absolute Gasteiger partial charge is 0.143 e. The standard InChI is InChI=1S/C10H8BrIS2/c1-13-9-7(5-11)4-6-2-3-14-10(6)8(9)12/h2-4H,5H2,1H3. The number of hydrogen-bond donors (Lipinski definition) is 0. The molecule has 0 aliphatic heterocycles. The second kappa shape index (κ2) is 4.72. The van der Waals surface area contributed by atoms with Crippen molar-refractivity contribution in [3.63, 3.8) is 0 Å². The van der Waals surface area contributed by atoms with Crippen LogP contribution in [0, 0.1) is 3.57 Å². The maximum atomic E-state index is 3.54. The summed E-state index contributed by atoms with van der Waals surface area (Å²) in [6.45, 7) is 0. The Hall–Kier alpha value is 0.740. The van der Waals surface area contributed by atoms with E-state index in [-0.39, 0.29) is 0 Å². The molecule has 0 radical (unpaired) electrons. The smallest absolute Gasteiger partial charge is 0.0487 e. The molecule has 0 unspecified atom stereocenters. The first kappa shape index (κ1) is 11.2. The molecule has 0 amide bonds. The van der Waals surface area contributed by atoms with Crippen LogP contribution in [0.15, 0.2) is 22.4 Å². The zero-order valence-electron chi connectivity index (χ0n) is 7.51. The van der Waals surface area contributed by atoms with Crippen molar-refractivity contribution in [3.05, 3.63) is 26.6 Å². The zero-order valence-corrected chi connectivity index (χ0v) is 12.9. The molecule has 0 aliphatic rings. The lowest BCUT2D eigenvalue weighted by molar-refractivity contribution is 1.29. The van der Waals surface area contributed by atoms with Crippen LogP contribution in [0.5, 0.6) is 0 Å². The molecule has 0 bridgehead atoms. The average Bonchev–Trinajstić information content (AvgIpc) is 2.65. The molecule has 1 aromatic heterocycles. The molecule has 4 heteroatoms. The maximum absolute atomic E-state index is 3.54. The van der Waals surface area contributed by atoms with Crippen molar-refractivity contribution in [1.29, 1.82) is 0 Å². The number of rotatable bonds is 2. The minimum atomic E-state index is 0.935. The predicted molar refractivity (Wildman–Crippen MR) is 79.0 cm³/mol. The summed E-state index contributed by atoms with van der Waals surface area (Å²) >= 11 is 9.66. The van der Waals surface area contributed by atoms with Crippen LogP contribution in [0.25, 0.3) is 10.1 Å². The highest BCUT2D eigenvalue weighted by atomic mass is 127. The lowest BCUT2D eigenvalue weighted by Gasteiger charge is -2.08. The summed E-state index contributed by atoms with van der Waals surface area (Å²) in [4.78, 5) is 1.41. The Kier molecular flexibility index (Phi) is 3.79. The first-order chi connectivity index (χ1) is 6.77. The van der Waals surface area contributed by atoms with Gasteiger partial charge < -0.3 is 0 Å². The Labute approximate surface area is 114 Å². The van der Waals surface area contributed by atoms with Gasteiger partial charge in [0.1, 0.15) is 0 Å². The van der Waals surface area contributed by atoms with E-state index < -0.39 is 0 Å². The van der Waals surface area contributed by atoms with E-state index in [1.807, 2.05) is 23.1 Å². The van der Waals surface area contributed by atoms with Gasteiger partial charge in [-0.05, 0) is 57.3 Å². The fourth-order valence-corrected chi connectivity index (χ4v) is 5.31. The van der Waals surface area contributed by atoms with E-state index in [2.05, 4.69) is 62.3 Å². The van der Waals surface area contributed by atoms with Crippen molar-refractivity contribution in [3.8, 4) is 0 Å². The van der Waals surface area contributed by atoms with E-state index in [0.29, 0.717) is 0 Å². The first-order valence-corrected chi connectivity index (χ1v) is 8.37. The van der Waals surface area contributed by atoms with Gasteiger partial charge in [0.25, 0.3) is 0 Å². The normalized spacial score (nSPS) is 11.1.